The molecule has 0 fully saturated rings. The number of amides is 2. The molecule has 0 saturated carbocycles. The van der Waals surface area contributed by atoms with E-state index in [0.29, 0.717) is 13.1 Å². The molecule has 0 saturated heterocycles. The Bertz CT molecular complexity index is 191. The molecule has 2 amide bonds. The van der Waals surface area contributed by atoms with Gasteiger partial charge in [-0.2, -0.15) is 0 Å². The van der Waals surface area contributed by atoms with E-state index in [0.717, 1.165) is 25.7 Å². The maximum absolute atomic E-state index is 10.8. The summed E-state index contributed by atoms with van der Waals surface area (Å²) in [6.45, 7) is 1.33. The van der Waals surface area contributed by atoms with Crippen LogP contribution in [0.5, 0.6) is 0 Å². The molecule has 0 aromatic carbocycles. The largest absolute Gasteiger partial charge is 0.355 e. The lowest BCUT2D eigenvalue weighted by atomic mass is 10.2. The van der Waals surface area contributed by atoms with Crippen LogP contribution in [0, 0.1) is 0 Å². The summed E-state index contributed by atoms with van der Waals surface area (Å²) in [6.07, 6.45) is 3.93. The van der Waals surface area contributed by atoms with E-state index in [1.54, 1.807) is 0 Å². The molecule has 0 aliphatic heterocycles. The Hall–Kier alpha value is -0.480. The highest BCUT2D eigenvalue weighted by atomic mass is 35.5. The summed E-state index contributed by atoms with van der Waals surface area (Å²) in [4.78, 5) is 21.5. The number of carbonyl (C=O) groups is 2. The molecule has 0 aliphatic carbocycles. The molecule has 0 spiro atoms. The van der Waals surface area contributed by atoms with Crippen molar-refractivity contribution in [2.45, 2.75) is 25.7 Å². The number of carbonyl (C=O) groups excluding carboxylic acids is 2. The van der Waals surface area contributed by atoms with E-state index < -0.39 is 0 Å². The fraction of sp³-hybridized carbons (Fsp3) is 0.800. The van der Waals surface area contributed by atoms with Gasteiger partial charge in [0.05, 0.1) is 0 Å². The molecule has 0 bridgehead atoms. The van der Waals surface area contributed by atoms with Crippen molar-refractivity contribution in [1.82, 2.24) is 10.6 Å². The summed E-state index contributed by atoms with van der Waals surface area (Å²) < 4.78 is 0. The molecule has 0 aromatic heterocycles. The summed E-state index contributed by atoms with van der Waals surface area (Å²) in [5.74, 6) is -0.221. The molecule has 16 heavy (non-hydrogen) atoms. The Kier molecular flexibility index (Phi) is 10.7. The summed E-state index contributed by atoms with van der Waals surface area (Å²) in [7, 11) is 0. The number of alkyl halides is 2. The molecule has 2 N–H and O–H groups in total. The third-order valence-electron chi connectivity index (χ3n) is 1.99. The van der Waals surface area contributed by atoms with Crippen molar-refractivity contribution in [3.8, 4) is 0 Å². The zero-order valence-corrected chi connectivity index (χ0v) is 10.7. The number of halogens is 2. The van der Waals surface area contributed by atoms with Crippen LogP contribution < -0.4 is 10.6 Å². The van der Waals surface area contributed by atoms with Crippen LogP contribution in [0.15, 0.2) is 0 Å². The van der Waals surface area contributed by atoms with Gasteiger partial charge in [-0.3, -0.25) is 9.59 Å². The molecule has 94 valence electrons. The second-order valence-electron chi connectivity index (χ2n) is 3.38. The monoisotopic (exact) mass is 268 g/mol. The normalized spacial score (nSPS) is 9.88. The lowest BCUT2D eigenvalue weighted by Gasteiger charge is -2.04. The van der Waals surface area contributed by atoms with Gasteiger partial charge in [0.2, 0.25) is 11.8 Å². The minimum Gasteiger partial charge on any atom is -0.355 e. The lowest BCUT2D eigenvalue weighted by Crippen LogP contribution is -2.26. The van der Waals surface area contributed by atoms with Crippen LogP contribution in [0.25, 0.3) is 0 Å². The van der Waals surface area contributed by atoms with Crippen LogP contribution >= 0.6 is 23.2 Å². The first-order valence-electron chi connectivity index (χ1n) is 5.36. The Labute approximate surface area is 106 Å². The van der Waals surface area contributed by atoms with Crippen molar-refractivity contribution in [3.05, 3.63) is 0 Å². The first kappa shape index (κ1) is 15.5. The SMILES string of the molecule is O=C(CCl)NCCCCCCNC(=O)CCl. The number of hydrogen-bond donors (Lipinski definition) is 2. The van der Waals surface area contributed by atoms with Crippen molar-refractivity contribution in [2.24, 2.45) is 0 Å². The Morgan fingerprint density at radius 3 is 1.44 bits per heavy atom. The minimum atomic E-state index is -0.129. The van der Waals surface area contributed by atoms with Crippen LogP contribution in [-0.4, -0.2) is 36.7 Å². The molecule has 0 rings (SSSR count). The molecule has 6 heteroatoms. The zero-order chi connectivity index (χ0) is 12.2. The number of unbranched alkanes of at least 4 members (excludes halogenated alkanes) is 3. The van der Waals surface area contributed by atoms with Gasteiger partial charge in [-0.1, -0.05) is 12.8 Å². The number of nitrogens with one attached hydrogen (secondary N) is 2. The average Bonchev–Trinajstić information content (AvgIpc) is 2.31. The van der Waals surface area contributed by atoms with E-state index in [1.165, 1.54) is 0 Å². The van der Waals surface area contributed by atoms with Gasteiger partial charge in [0, 0.05) is 13.1 Å². The molecular weight excluding hydrogens is 251 g/mol. The van der Waals surface area contributed by atoms with Gasteiger partial charge >= 0.3 is 0 Å². The Balaban J connectivity index is 3.10. The van der Waals surface area contributed by atoms with Crippen LogP contribution in [0.4, 0.5) is 0 Å². The maximum Gasteiger partial charge on any atom is 0.234 e. The molecule has 0 heterocycles. The van der Waals surface area contributed by atoms with Crippen molar-refractivity contribution in [3.63, 3.8) is 0 Å². The first-order valence-corrected chi connectivity index (χ1v) is 6.43. The quantitative estimate of drug-likeness (QED) is 0.489. The van der Waals surface area contributed by atoms with E-state index in [9.17, 15) is 9.59 Å². The molecule has 0 unspecified atom stereocenters. The second-order valence-corrected chi connectivity index (χ2v) is 3.92. The number of hydrogen-bond acceptors (Lipinski definition) is 2. The van der Waals surface area contributed by atoms with E-state index in [4.69, 9.17) is 23.2 Å². The van der Waals surface area contributed by atoms with Crippen LogP contribution in [0.3, 0.4) is 0 Å². The second kappa shape index (κ2) is 11.0. The van der Waals surface area contributed by atoms with E-state index in [2.05, 4.69) is 10.6 Å². The van der Waals surface area contributed by atoms with Gasteiger partial charge in [-0.25, -0.2) is 0 Å². The predicted octanol–water partition coefficient (Wildman–Crippen LogP) is 1.26. The van der Waals surface area contributed by atoms with Gasteiger partial charge in [0.25, 0.3) is 0 Å². The van der Waals surface area contributed by atoms with Crippen LogP contribution in [0.2, 0.25) is 0 Å². The van der Waals surface area contributed by atoms with Gasteiger partial charge in [0.1, 0.15) is 11.8 Å². The van der Waals surface area contributed by atoms with Crippen molar-refractivity contribution >= 4 is 35.0 Å². The lowest BCUT2D eigenvalue weighted by molar-refractivity contribution is -0.119. The van der Waals surface area contributed by atoms with Crippen molar-refractivity contribution in [1.29, 1.82) is 0 Å². The highest BCUT2D eigenvalue weighted by Gasteiger charge is 1.98. The molecular formula is C10H18Cl2N2O2. The standard InChI is InChI=1S/C10H18Cl2N2O2/c11-7-9(15)13-5-3-1-2-4-6-14-10(16)8-12/h1-8H2,(H,13,15)(H,14,16). The van der Waals surface area contributed by atoms with Gasteiger partial charge in [0.15, 0.2) is 0 Å². The van der Waals surface area contributed by atoms with Crippen LogP contribution in [0.1, 0.15) is 25.7 Å². The molecule has 4 nitrogen and oxygen atoms in total. The minimum absolute atomic E-state index is 0.0183. The van der Waals surface area contributed by atoms with E-state index in [1.807, 2.05) is 0 Å². The third kappa shape index (κ3) is 10.1. The fourth-order valence-electron chi connectivity index (χ4n) is 1.15. The summed E-state index contributed by atoms with van der Waals surface area (Å²) >= 11 is 10.6. The van der Waals surface area contributed by atoms with Crippen LogP contribution in [-0.2, 0) is 9.59 Å². The van der Waals surface area contributed by atoms with Gasteiger partial charge < -0.3 is 10.6 Å². The van der Waals surface area contributed by atoms with Gasteiger partial charge in [-0.05, 0) is 12.8 Å². The smallest absolute Gasteiger partial charge is 0.234 e. The first-order chi connectivity index (χ1) is 7.70. The highest BCUT2D eigenvalue weighted by Crippen LogP contribution is 1.97. The number of rotatable bonds is 9. The third-order valence-corrected chi connectivity index (χ3v) is 2.48. The van der Waals surface area contributed by atoms with E-state index in [-0.39, 0.29) is 23.6 Å². The van der Waals surface area contributed by atoms with Crippen molar-refractivity contribution < 1.29 is 9.59 Å². The molecule has 0 aromatic rings. The van der Waals surface area contributed by atoms with E-state index >= 15 is 0 Å². The molecule has 0 radical (unpaired) electrons. The predicted molar refractivity (Wildman–Crippen MR) is 65.9 cm³/mol. The topological polar surface area (TPSA) is 58.2 Å². The Morgan fingerprint density at radius 2 is 1.12 bits per heavy atom. The van der Waals surface area contributed by atoms with Gasteiger partial charge in [-0.15, -0.1) is 23.2 Å². The summed E-state index contributed by atoms with van der Waals surface area (Å²) in [6, 6.07) is 0. The zero-order valence-electron chi connectivity index (χ0n) is 9.23. The van der Waals surface area contributed by atoms with Crippen molar-refractivity contribution in [2.75, 3.05) is 24.8 Å². The molecule has 0 aliphatic rings. The maximum atomic E-state index is 10.8. The average molecular weight is 269 g/mol. The summed E-state index contributed by atoms with van der Waals surface area (Å²) in [5.41, 5.74) is 0. The highest BCUT2D eigenvalue weighted by molar-refractivity contribution is 6.27. The fourth-order valence-corrected chi connectivity index (χ4v) is 1.34. The Morgan fingerprint density at radius 1 is 0.750 bits per heavy atom. The summed E-state index contributed by atoms with van der Waals surface area (Å²) in [5, 5.41) is 5.39. The molecule has 0 atom stereocenters.